The summed E-state index contributed by atoms with van der Waals surface area (Å²) in [4.78, 5) is 12.2. The van der Waals surface area contributed by atoms with E-state index in [9.17, 15) is 4.79 Å². The third-order valence-corrected chi connectivity index (χ3v) is 4.58. The van der Waals surface area contributed by atoms with Gasteiger partial charge >= 0.3 is 0 Å². The number of methoxy groups -OCH3 is 1. The Kier molecular flexibility index (Phi) is 5.54. The summed E-state index contributed by atoms with van der Waals surface area (Å²) in [6, 6.07) is 23.5. The zero-order valence-electron chi connectivity index (χ0n) is 16.0. The summed E-state index contributed by atoms with van der Waals surface area (Å²) in [6.07, 6.45) is 0. The Balaban J connectivity index is 1.44. The highest BCUT2D eigenvalue weighted by Gasteiger charge is 2.12. The smallest absolute Gasteiger partial charge is 0.251 e. The average Bonchev–Trinajstić information content (AvgIpc) is 3.16. The second-order valence-electron chi connectivity index (χ2n) is 6.56. The average molecular weight is 387 g/mol. The monoisotopic (exact) mass is 387 g/mol. The number of nitrogens with one attached hydrogen (secondary N) is 2. The number of nitrogens with zero attached hydrogens (tertiary/aromatic N) is 1. The minimum absolute atomic E-state index is 0.0391. The first-order valence-electron chi connectivity index (χ1n) is 9.27. The van der Waals surface area contributed by atoms with Gasteiger partial charge in [0, 0.05) is 10.9 Å². The fourth-order valence-electron chi connectivity index (χ4n) is 3.17. The molecule has 0 saturated heterocycles. The van der Waals surface area contributed by atoms with E-state index in [2.05, 4.69) is 15.5 Å². The van der Waals surface area contributed by atoms with Crippen LogP contribution in [0.15, 0.2) is 72.8 Å². The lowest BCUT2D eigenvalue weighted by molar-refractivity contribution is -0.121. The normalized spacial score (nSPS) is 10.8. The van der Waals surface area contributed by atoms with E-state index in [4.69, 9.17) is 9.47 Å². The van der Waals surface area contributed by atoms with Crippen molar-refractivity contribution in [3.63, 3.8) is 0 Å². The molecule has 3 aromatic carbocycles. The lowest BCUT2D eigenvalue weighted by Crippen LogP contribution is -2.18. The summed E-state index contributed by atoms with van der Waals surface area (Å²) in [6.45, 7) is 0.348. The molecule has 4 rings (SSSR count). The summed E-state index contributed by atoms with van der Waals surface area (Å²) < 4.78 is 10.9. The van der Waals surface area contributed by atoms with Crippen LogP contribution in [0.4, 0.5) is 5.82 Å². The van der Waals surface area contributed by atoms with Gasteiger partial charge in [-0.1, -0.05) is 54.6 Å². The van der Waals surface area contributed by atoms with E-state index in [1.807, 2.05) is 72.8 Å². The highest BCUT2D eigenvalue weighted by molar-refractivity contribution is 6.01. The number of aromatic amines is 1. The Bertz CT molecular complexity index is 1120. The van der Waals surface area contributed by atoms with E-state index < -0.39 is 0 Å². The molecule has 0 aliphatic heterocycles. The fraction of sp³-hybridized carbons (Fsp3) is 0.130. The molecule has 0 unspecified atom stereocenters. The fourth-order valence-corrected chi connectivity index (χ4v) is 3.17. The van der Waals surface area contributed by atoms with Crippen molar-refractivity contribution < 1.29 is 14.3 Å². The van der Waals surface area contributed by atoms with Crippen LogP contribution in [0.1, 0.15) is 5.56 Å². The van der Waals surface area contributed by atoms with E-state index in [0.717, 1.165) is 33.3 Å². The molecular formula is C23H21N3O3. The van der Waals surface area contributed by atoms with Crippen LogP contribution in [-0.2, 0) is 16.1 Å². The van der Waals surface area contributed by atoms with Gasteiger partial charge in [0.15, 0.2) is 5.82 Å². The molecule has 0 atom stereocenters. The number of carbonyl (C=O) groups is 1. The van der Waals surface area contributed by atoms with Crippen LogP contribution in [0.3, 0.4) is 0 Å². The first-order chi connectivity index (χ1) is 14.2. The standard InChI is InChI=1S/C23H21N3O3/c1-28-21-10-6-5-9-18(21)17-11-12-19-20(13-17)25-26-23(19)24-22(27)15-29-14-16-7-3-2-4-8-16/h2-13H,14-15H2,1H3,(H2,24,25,26,27). The molecule has 6 heteroatoms. The Hall–Kier alpha value is -3.64. The minimum atomic E-state index is -0.247. The summed E-state index contributed by atoms with van der Waals surface area (Å²) >= 11 is 0. The number of rotatable bonds is 7. The van der Waals surface area contributed by atoms with Crippen LogP contribution in [-0.4, -0.2) is 29.8 Å². The van der Waals surface area contributed by atoms with E-state index in [0.29, 0.717) is 12.4 Å². The first kappa shape index (κ1) is 18.7. The van der Waals surface area contributed by atoms with Crippen molar-refractivity contribution in [3.05, 3.63) is 78.4 Å². The van der Waals surface area contributed by atoms with Crippen molar-refractivity contribution in [3.8, 4) is 16.9 Å². The van der Waals surface area contributed by atoms with Gasteiger partial charge in [0.05, 0.1) is 19.2 Å². The second-order valence-corrected chi connectivity index (χ2v) is 6.56. The first-order valence-corrected chi connectivity index (χ1v) is 9.27. The van der Waals surface area contributed by atoms with Crippen molar-refractivity contribution in [2.24, 2.45) is 0 Å². The second kappa shape index (κ2) is 8.58. The van der Waals surface area contributed by atoms with E-state index in [-0.39, 0.29) is 12.5 Å². The third-order valence-electron chi connectivity index (χ3n) is 4.58. The Morgan fingerprint density at radius 3 is 2.66 bits per heavy atom. The SMILES string of the molecule is COc1ccccc1-c1ccc2c(NC(=O)COCc3ccccc3)n[nH]c2c1. The summed E-state index contributed by atoms with van der Waals surface area (Å²) in [7, 11) is 1.65. The maximum atomic E-state index is 12.2. The number of para-hydroxylation sites is 1. The van der Waals surface area contributed by atoms with Crippen LogP contribution >= 0.6 is 0 Å². The lowest BCUT2D eigenvalue weighted by Gasteiger charge is -2.08. The number of hydrogen-bond donors (Lipinski definition) is 2. The van der Waals surface area contributed by atoms with E-state index >= 15 is 0 Å². The highest BCUT2D eigenvalue weighted by Crippen LogP contribution is 2.32. The number of amides is 1. The highest BCUT2D eigenvalue weighted by atomic mass is 16.5. The van der Waals surface area contributed by atoms with Crippen molar-refractivity contribution in [2.45, 2.75) is 6.61 Å². The molecule has 0 saturated carbocycles. The van der Waals surface area contributed by atoms with Gasteiger partial charge in [-0.05, 0) is 29.3 Å². The van der Waals surface area contributed by atoms with E-state index in [1.54, 1.807) is 7.11 Å². The molecule has 0 bridgehead atoms. The predicted octanol–water partition coefficient (Wildman–Crippen LogP) is 4.39. The van der Waals surface area contributed by atoms with Gasteiger partial charge in [-0.2, -0.15) is 5.10 Å². The Labute approximate surface area is 168 Å². The summed E-state index contributed by atoms with van der Waals surface area (Å²) in [5.41, 5.74) is 3.84. The number of anilines is 1. The number of benzene rings is 3. The molecule has 2 N–H and O–H groups in total. The van der Waals surface area contributed by atoms with Crippen molar-refractivity contribution in [1.29, 1.82) is 0 Å². The molecule has 0 fully saturated rings. The molecule has 146 valence electrons. The van der Waals surface area contributed by atoms with Crippen LogP contribution < -0.4 is 10.1 Å². The predicted molar refractivity (Wildman–Crippen MR) is 113 cm³/mol. The number of fused-ring (bicyclic) bond motifs is 1. The molecule has 1 heterocycles. The van der Waals surface area contributed by atoms with E-state index in [1.165, 1.54) is 0 Å². The van der Waals surface area contributed by atoms with Gasteiger partial charge in [-0.25, -0.2) is 0 Å². The molecule has 6 nitrogen and oxygen atoms in total. The molecule has 1 aromatic heterocycles. The molecule has 0 spiro atoms. The van der Waals surface area contributed by atoms with Gasteiger partial charge in [-0.15, -0.1) is 0 Å². The number of aromatic nitrogens is 2. The van der Waals surface area contributed by atoms with Gasteiger partial charge in [-0.3, -0.25) is 9.89 Å². The van der Waals surface area contributed by atoms with Crippen LogP contribution in [0, 0.1) is 0 Å². The molecule has 4 aromatic rings. The molecular weight excluding hydrogens is 366 g/mol. The summed E-state index contributed by atoms with van der Waals surface area (Å²) in [5.74, 6) is 1.04. The topological polar surface area (TPSA) is 76.2 Å². The lowest BCUT2D eigenvalue weighted by atomic mass is 10.0. The van der Waals surface area contributed by atoms with Crippen LogP contribution in [0.25, 0.3) is 22.0 Å². The summed E-state index contributed by atoms with van der Waals surface area (Å²) in [5, 5.41) is 10.8. The molecule has 0 aliphatic rings. The number of ether oxygens (including phenoxy) is 2. The minimum Gasteiger partial charge on any atom is -0.496 e. The van der Waals surface area contributed by atoms with Crippen LogP contribution in [0.2, 0.25) is 0 Å². The quantitative estimate of drug-likeness (QED) is 0.493. The van der Waals surface area contributed by atoms with Crippen molar-refractivity contribution in [1.82, 2.24) is 10.2 Å². The van der Waals surface area contributed by atoms with Gasteiger partial charge in [0.2, 0.25) is 0 Å². The Morgan fingerprint density at radius 1 is 1.03 bits per heavy atom. The van der Waals surface area contributed by atoms with Gasteiger partial charge in [0.1, 0.15) is 12.4 Å². The number of H-pyrrole nitrogens is 1. The van der Waals surface area contributed by atoms with Crippen molar-refractivity contribution in [2.75, 3.05) is 19.0 Å². The molecule has 0 radical (unpaired) electrons. The number of carbonyl (C=O) groups excluding carboxylic acids is 1. The van der Waals surface area contributed by atoms with Crippen molar-refractivity contribution >= 4 is 22.6 Å². The maximum absolute atomic E-state index is 12.2. The largest absolute Gasteiger partial charge is 0.496 e. The van der Waals surface area contributed by atoms with Crippen LogP contribution in [0.5, 0.6) is 5.75 Å². The van der Waals surface area contributed by atoms with Gasteiger partial charge < -0.3 is 14.8 Å². The third kappa shape index (κ3) is 4.28. The zero-order chi connectivity index (χ0) is 20.1. The Morgan fingerprint density at radius 2 is 1.83 bits per heavy atom. The number of hydrogen-bond acceptors (Lipinski definition) is 4. The maximum Gasteiger partial charge on any atom is 0.251 e. The molecule has 1 amide bonds. The molecule has 29 heavy (non-hydrogen) atoms. The zero-order valence-corrected chi connectivity index (χ0v) is 16.0. The molecule has 0 aliphatic carbocycles. The van der Waals surface area contributed by atoms with Gasteiger partial charge in [0.25, 0.3) is 5.91 Å².